The van der Waals surface area contributed by atoms with Crippen molar-refractivity contribution in [1.29, 1.82) is 0 Å². The van der Waals surface area contributed by atoms with Gasteiger partial charge in [-0.25, -0.2) is 0 Å². The van der Waals surface area contributed by atoms with Crippen LogP contribution in [0.25, 0.3) is 10.8 Å². The molecule has 0 bridgehead atoms. The van der Waals surface area contributed by atoms with Gasteiger partial charge in [0, 0.05) is 10.8 Å². The van der Waals surface area contributed by atoms with Crippen molar-refractivity contribution >= 4 is 10.8 Å². The van der Waals surface area contributed by atoms with E-state index < -0.39 is 0 Å². The number of benzene rings is 2. The molecule has 0 N–H and O–H groups in total. The third kappa shape index (κ3) is 9.50. The fraction of sp³-hybridized carbons (Fsp3) is 0.500. The molecule has 0 saturated heterocycles. The maximum atomic E-state index is 4.38. The molecule has 2 aromatic carbocycles. The minimum atomic E-state index is 0.415. The first-order chi connectivity index (χ1) is 18.8. The van der Waals surface area contributed by atoms with Crippen molar-refractivity contribution in [2.24, 2.45) is 0 Å². The normalized spacial score (nSPS) is 11.3. The molecule has 4 aromatic rings. The lowest BCUT2D eigenvalue weighted by Gasteiger charge is -2.12. The molecule has 216 valence electrons. The van der Waals surface area contributed by atoms with Gasteiger partial charge in [-0.05, 0) is 58.8 Å². The maximum absolute atomic E-state index is 4.38. The van der Waals surface area contributed by atoms with E-state index in [1.807, 2.05) is 0 Å². The SMILES string of the molecule is CC(C)c1ccc(C(C)C)cc1.CC(C)c1ccc(C(C)C)nn1.CC(C)c1nnc(C(C)C)c2ccccc12. The average Bonchev–Trinajstić information content (AvgIpc) is 2.93. The molecule has 0 aliphatic rings. The monoisotopic (exact) mass is 540 g/mol. The minimum Gasteiger partial charge on any atom is -0.155 e. The first kappa shape index (κ1) is 33.1. The van der Waals surface area contributed by atoms with Crippen LogP contribution in [-0.4, -0.2) is 20.4 Å². The Bertz CT molecular complexity index is 1130. The molecule has 0 spiro atoms. The van der Waals surface area contributed by atoms with E-state index >= 15 is 0 Å². The summed E-state index contributed by atoms with van der Waals surface area (Å²) in [5.74, 6) is 3.06. The third-order valence-corrected chi connectivity index (χ3v) is 7.00. The van der Waals surface area contributed by atoms with Crippen molar-refractivity contribution in [3.63, 3.8) is 0 Å². The summed E-state index contributed by atoms with van der Waals surface area (Å²) < 4.78 is 0. The van der Waals surface area contributed by atoms with Crippen molar-refractivity contribution < 1.29 is 0 Å². The van der Waals surface area contributed by atoms with Crippen LogP contribution < -0.4 is 0 Å². The number of hydrogen-bond acceptors (Lipinski definition) is 4. The van der Waals surface area contributed by atoms with E-state index in [4.69, 9.17) is 0 Å². The van der Waals surface area contributed by atoms with Crippen LogP contribution in [0, 0.1) is 0 Å². The Morgan fingerprint density at radius 2 is 0.675 bits per heavy atom. The molecular formula is C36H52N4. The fourth-order valence-corrected chi connectivity index (χ4v) is 4.23. The molecule has 0 radical (unpaired) electrons. The highest BCUT2D eigenvalue weighted by molar-refractivity contribution is 5.87. The minimum absolute atomic E-state index is 0.415. The van der Waals surface area contributed by atoms with Gasteiger partial charge < -0.3 is 0 Å². The van der Waals surface area contributed by atoms with Gasteiger partial charge in [0.05, 0.1) is 22.8 Å². The van der Waals surface area contributed by atoms with Gasteiger partial charge >= 0.3 is 0 Å². The second kappa shape index (κ2) is 15.6. The zero-order valence-corrected chi connectivity index (χ0v) is 27.0. The van der Waals surface area contributed by atoms with Gasteiger partial charge in [-0.3, -0.25) is 0 Å². The Morgan fingerprint density at radius 3 is 0.900 bits per heavy atom. The molecule has 0 atom stereocenters. The standard InChI is InChI=1S/C14H18N2.C12H18.C10H16N2/c1-9(2)13-11-7-5-6-8-12(11)14(10(3)4)16-15-13;1-9(2)11-5-7-12(8-6-11)10(3)4;1-7(2)9-5-6-10(8(3)4)12-11-9/h5-10H,1-4H3;5-10H,1-4H3;5-8H,1-4H3. The van der Waals surface area contributed by atoms with Gasteiger partial charge in [0.25, 0.3) is 0 Å². The Labute approximate surface area is 244 Å². The first-order valence-electron chi connectivity index (χ1n) is 15.0. The van der Waals surface area contributed by atoms with E-state index in [9.17, 15) is 0 Å². The Balaban J connectivity index is 0.000000214. The molecule has 4 heteroatoms. The summed E-state index contributed by atoms with van der Waals surface area (Å²) in [7, 11) is 0. The lowest BCUT2D eigenvalue weighted by atomic mass is 9.97. The molecule has 40 heavy (non-hydrogen) atoms. The van der Waals surface area contributed by atoms with Crippen LogP contribution in [0.1, 0.15) is 152 Å². The zero-order chi connectivity index (χ0) is 30.0. The summed E-state index contributed by atoms with van der Waals surface area (Å²) in [4.78, 5) is 0. The highest BCUT2D eigenvalue weighted by Gasteiger charge is 2.13. The molecule has 2 aromatic heterocycles. The smallest absolute Gasteiger partial charge is 0.0734 e. The van der Waals surface area contributed by atoms with E-state index in [2.05, 4.69) is 164 Å². The summed E-state index contributed by atoms with van der Waals surface area (Å²) in [5, 5.41) is 19.5. The largest absolute Gasteiger partial charge is 0.155 e. The molecule has 4 nitrogen and oxygen atoms in total. The number of aromatic nitrogens is 4. The van der Waals surface area contributed by atoms with E-state index in [0.29, 0.717) is 35.5 Å². The summed E-state index contributed by atoms with van der Waals surface area (Å²) >= 11 is 0. The highest BCUT2D eigenvalue weighted by Crippen LogP contribution is 2.27. The molecular weight excluding hydrogens is 488 g/mol. The summed E-state index contributed by atoms with van der Waals surface area (Å²) in [6.07, 6.45) is 0. The fourth-order valence-electron chi connectivity index (χ4n) is 4.23. The Hall–Kier alpha value is -3.14. The first-order valence-corrected chi connectivity index (χ1v) is 15.0. The summed E-state index contributed by atoms with van der Waals surface area (Å²) in [6, 6.07) is 21.5. The van der Waals surface area contributed by atoms with Crippen molar-refractivity contribution in [2.45, 2.75) is 119 Å². The number of nitrogens with zero attached hydrogens (tertiary/aromatic N) is 4. The van der Waals surface area contributed by atoms with E-state index in [0.717, 1.165) is 22.8 Å². The molecule has 0 aliphatic heterocycles. The molecule has 0 saturated carbocycles. The molecule has 0 aliphatic carbocycles. The van der Waals surface area contributed by atoms with Crippen LogP contribution in [0.4, 0.5) is 0 Å². The molecule has 0 unspecified atom stereocenters. The van der Waals surface area contributed by atoms with Gasteiger partial charge in [-0.15, -0.1) is 0 Å². The number of hydrogen-bond donors (Lipinski definition) is 0. The summed E-state index contributed by atoms with van der Waals surface area (Å²) in [6.45, 7) is 26.0. The van der Waals surface area contributed by atoms with Crippen LogP contribution in [-0.2, 0) is 0 Å². The van der Waals surface area contributed by atoms with Gasteiger partial charge in [-0.2, -0.15) is 20.4 Å². The van der Waals surface area contributed by atoms with E-state index in [-0.39, 0.29) is 0 Å². The van der Waals surface area contributed by atoms with E-state index in [1.165, 1.54) is 21.9 Å². The highest BCUT2D eigenvalue weighted by atomic mass is 15.1. The zero-order valence-electron chi connectivity index (χ0n) is 27.0. The van der Waals surface area contributed by atoms with E-state index in [1.54, 1.807) is 0 Å². The maximum Gasteiger partial charge on any atom is 0.0734 e. The molecule has 2 heterocycles. The molecule has 4 rings (SSSR count). The third-order valence-electron chi connectivity index (χ3n) is 7.00. The van der Waals surface area contributed by atoms with Crippen molar-refractivity contribution in [2.75, 3.05) is 0 Å². The van der Waals surface area contributed by atoms with Crippen molar-refractivity contribution in [3.05, 3.63) is 94.6 Å². The second-order valence-electron chi connectivity index (χ2n) is 12.5. The van der Waals surface area contributed by atoms with Crippen LogP contribution >= 0.6 is 0 Å². The van der Waals surface area contributed by atoms with Crippen LogP contribution in [0.2, 0.25) is 0 Å². The Kier molecular flexibility index (Phi) is 12.9. The lowest BCUT2D eigenvalue weighted by molar-refractivity contribution is 0.733. The number of fused-ring (bicyclic) bond motifs is 1. The average molecular weight is 541 g/mol. The second-order valence-corrected chi connectivity index (χ2v) is 12.5. The van der Waals surface area contributed by atoms with Crippen molar-refractivity contribution in [1.82, 2.24) is 20.4 Å². The quantitative estimate of drug-likeness (QED) is 0.244. The lowest BCUT2D eigenvalue weighted by Crippen LogP contribution is -2.03. The van der Waals surface area contributed by atoms with Crippen LogP contribution in [0.5, 0.6) is 0 Å². The molecule has 0 fully saturated rings. The predicted molar refractivity (Wildman–Crippen MR) is 173 cm³/mol. The van der Waals surface area contributed by atoms with Crippen LogP contribution in [0.15, 0.2) is 60.7 Å². The van der Waals surface area contributed by atoms with Gasteiger partial charge in [0.15, 0.2) is 0 Å². The van der Waals surface area contributed by atoms with Gasteiger partial charge in [0.2, 0.25) is 0 Å². The van der Waals surface area contributed by atoms with Crippen LogP contribution in [0.3, 0.4) is 0 Å². The Morgan fingerprint density at radius 1 is 0.350 bits per heavy atom. The topological polar surface area (TPSA) is 51.6 Å². The van der Waals surface area contributed by atoms with Gasteiger partial charge in [0.1, 0.15) is 0 Å². The predicted octanol–water partition coefficient (Wildman–Crippen LogP) is 10.5. The summed E-state index contributed by atoms with van der Waals surface area (Å²) in [5.41, 5.74) is 7.19. The van der Waals surface area contributed by atoms with Gasteiger partial charge in [-0.1, -0.05) is 132 Å². The molecule has 0 amide bonds. The van der Waals surface area contributed by atoms with Crippen molar-refractivity contribution in [3.8, 4) is 0 Å². The number of rotatable bonds is 6.